The van der Waals surface area contributed by atoms with Gasteiger partial charge in [-0.1, -0.05) is 31.9 Å². The van der Waals surface area contributed by atoms with Gasteiger partial charge in [0.25, 0.3) is 0 Å². The third-order valence-electron chi connectivity index (χ3n) is 2.44. The number of carboxylic acids is 1. The maximum Gasteiger partial charge on any atom is 0.337 e. The molecule has 4 heteroatoms. The van der Waals surface area contributed by atoms with Gasteiger partial charge in [-0.3, -0.25) is 4.79 Å². The minimum atomic E-state index is -1.03. The molecule has 1 amide bonds. The molecule has 0 aliphatic rings. The topological polar surface area (TPSA) is 66.4 Å². The molecule has 0 spiro atoms. The monoisotopic (exact) mass is 235 g/mol. The fourth-order valence-corrected chi connectivity index (χ4v) is 1.53. The van der Waals surface area contributed by atoms with Gasteiger partial charge in [0.05, 0.1) is 11.3 Å². The zero-order valence-corrected chi connectivity index (χ0v) is 9.90. The van der Waals surface area contributed by atoms with E-state index >= 15 is 0 Å². The van der Waals surface area contributed by atoms with Crippen molar-refractivity contribution in [1.82, 2.24) is 0 Å². The van der Waals surface area contributed by atoms with Crippen molar-refractivity contribution in [1.29, 1.82) is 0 Å². The van der Waals surface area contributed by atoms with Crippen LogP contribution in [0.15, 0.2) is 24.3 Å². The second kappa shape index (κ2) is 6.68. The standard InChI is InChI=1S/C13H17NO3/c1-2-3-4-9-12(15)14-11-8-6-5-7-10(11)13(16)17/h5-8H,2-4,9H2,1H3,(H,14,15)(H,16,17). The van der Waals surface area contributed by atoms with Crippen LogP contribution in [0.25, 0.3) is 0 Å². The summed E-state index contributed by atoms with van der Waals surface area (Å²) in [6.45, 7) is 2.07. The maximum absolute atomic E-state index is 11.6. The molecule has 1 aromatic carbocycles. The Labute approximate surface area is 101 Å². The van der Waals surface area contributed by atoms with Crippen LogP contribution in [0.2, 0.25) is 0 Å². The van der Waals surface area contributed by atoms with Crippen molar-refractivity contribution in [2.75, 3.05) is 5.32 Å². The molecule has 4 nitrogen and oxygen atoms in total. The first-order chi connectivity index (χ1) is 8.15. The van der Waals surface area contributed by atoms with Crippen LogP contribution in [0.1, 0.15) is 43.0 Å². The number of unbranched alkanes of at least 4 members (excludes halogenated alkanes) is 2. The van der Waals surface area contributed by atoms with Gasteiger partial charge < -0.3 is 10.4 Å². The Kier molecular flexibility index (Phi) is 5.20. The summed E-state index contributed by atoms with van der Waals surface area (Å²) >= 11 is 0. The van der Waals surface area contributed by atoms with Gasteiger partial charge in [0.15, 0.2) is 0 Å². The Morgan fingerprint density at radius 1 is 1.24 bits per heavy atom. The minimum Gasteiger partial charge on any atom is -0.478 e. The van der Waals surface area contributed by atoms with Crippen LogP contribution in [0.4, 0.5) is 5.69 Å². The quantitative estimate of drug-likeness (QED) is 0.745. The van der Waals surface area contributed by atoms with E-state index in [1.54, 1.807) is 18.2 Å². The van der Waals surface area contributed by atoms with Crippen molar-refractivity contribution >= 4 is 17.6 Å². The van der Waals surface area contributed by atoms with Crippen molar-refractivity contribution < 1.29 is 14.7 Å². The zero-order chi connectivity index (χ0) is 12.7. The van der Waals surface area contributed by atoms with Gasteiger partial charge in [0, 0.05) is 6.42 Å². The molecule has 0 radical (unpaired) electrons. The van der Waals surface area contributed by atoms with E-state index in [0.717, 1.165) is 19.3 Å². The summed E-state index contributed by atoms with van der Waals surface area (Å²) in [5, 5.41) is 11.6. The maximum atomic E-state index is 11.6. The largest absolute Gasteiger partial charge is 0.478 e. The van der Waals surface area contributed by atoms with Crippen LogP contribution in [-0.2, 0) is 4.79 Å². The highest BCUT2D eigenvalue weighted by Crippen LogP contribution is 2.15. The third-order valence-corrected chi connectivity index (χ3v) is 2.44. The number of rotatable bonds is 6. The van der Waals surface area contributed by atoms with E-state index in [1.165, 1.54) is 6.07 Å². The van der Waals surface area contributed by atoms with E-state index in [2.05, 4.69) is 12.2 Å². The van der Waals surface area contributed by atoms with Crippen LogP contribution in [-0.4, -0.2) is 17.0 Å². The number of hydrogen-bond acceptors (Lipinski definition) is 2. The molecule has 0 aliphatic heterocycles. The lowest BCUT2D eigenvalue weighted by Gasteiger charge is -2.07. The fraction of sp³-hybridized carbons (Fsp3) is 0.385. The molecular weight excluding hydrogens is 218 g/mol. The molecule has 0 aromatic heterocycles. The Morgan fingerprint density at radius 2 is 1.94 bits per heavy atom. The fourth-order valence-electron chi connectivity index (χ4n) is 1.53. The molecule has 2 N–H and O–H groups in total. The molecule has 0 saturated carbocycles. The number of carboxylic acid groups (broad SMARTS) is 1. The average molecular weight is 235 g/mol. The van der Waals surface area contributed by atoms with Crippen molar-refractivity contribution in [2.45, 2.75) is 32.6 Å². The van der Waals surface area contributed by atoms with Crippen LogP contribution >= 0.6 is 0 Å². The first-order valence-corrected chi connectivity index (χ1v) is 5.77. The highest BCUT2D eigenvalue weighted by Gasteiger charge is 2.10. The highest BCUT2D eigenvalue weighted by atomic mass is 16.4. The predicted molar refractivity (Wildman–Crippen MR) is 66.2 cm³/mol. The van der Waals surface area contributed by atoms with Crippen LogP contribution < -0.4 is 5.32 Å². The number of benzene rings is 1. The number of carbonyl (C=O) groups is 2. The highest BCUT2D eigenvalue weighted by molar-refractivity contribution is 6.00. The molecule has 0 heterocycles. The molecule has 0 aliphatic carbocycles. The van der Waals surface area contributed by atoms with Crippen molar-refractivity contribution in [3.63, 3.8) is 0 Å². The molecule has 1 aromatic rings. The van der Waals surface area contributed by atoms with Crippen LogP contribution in [0.3, 0.4) is 0 Å². The molecule has 0 atom stereocenters. The lowest BCUT2D eigenvalue weighted by molar-refractivity contribution is -0.116. The summed E-state index contributed by atoms with van der Waals surface area (Å²) in [4.78, 5) is 22.5. The Bertz CT molecular complexity index is 401. The lowest BCUT2D eigenvalue weighted by Crippen LogP contribution is -2.14. The second-order valence-corrected chi connectivity index (χ2v) is 3.86. The summed E-state index contributed by atoms with van der Waals surface area (Å²) in [6, 6.07) is 6.41. The van der Waals surface area contributed by atoms with Gasteiger partial charge in [-0.05, 0) is 18.6 Å². The molecule has 0 unspecified atom stereocenters. The van der Waals surface area contributed by atoms with E-state index in [-0.39, 0.29) is 11.5 Å². The van der Waals surface area contributed by atoms with Crippen molar-refractivity contribution in [3.05, 3.63) is 29.8 Å². The van der Waals surface area contributed by atoms with Crippen molar-refractivity contribution in [2.24, 2.45) is 0 Å². The molecule has 92 valence electrons. The lowest BCUT2D eigenvalue weighted by atomic mass is 10.1. The van der Waals surface area contributed by atoms with Gasteiger partial charge in [0.1, 0.15) is 0 Å². The van der Waals surface area contributed by atoms with Gasteiger partial charge in [-0.2, -0.15) is 0 Å². The summed E-state index contributed by atoms with van der Waals surface area (Å²) < 4.78 is 0. The third kappa shape index (κ3) is 4.26. The number of para-hydroxylation sites is 1. The molecular formula is C13H17NO3. The smallest absolute Gasteiger partial charge is 0.337 e. The minimum absolute atomic E-state index is 0.122. The van der Waals surface area contributed by atoms with E-state index in [4.69, 9.17) is 5.11 Å². The van der Waals surface area contributed by atoms with Gasteiger partial charge in [0.2, 0.25) is 5.91 Å². The van der Waals surface area contributed by atoms with E-state index in [0.29, 0.717) is 12.1 Å². The second-order valence-electron chi connectivity index (χ2n) is 3.86. The normalized spacial score (nSPS) is 9.94. The molecule has 1 rings (SSSR count). The number of hydrogen-bond donors (Lipinski definition) is 2. The van der Waals surface area contributed by atoms with E-state index in [1.807, 2.05) is 0 Å². The number of anilines is 1. The number of nitrogens with one attached hydrogen (secondary N) is 1. The first-order valence-electron chi connectivity index (χ1n) is 5.77. The first kappa shape index (κ1) is 13.2. The summed E-state index contributed by atoms with van der Waals surface area (Å²) in [6.07, 6.45) is 3.33. The summed E-state index contributed by atoms with van der Waals surface area (Å²) in [7, 11) is 0. The summed E-state index contributed by atoms with van der Waals surface area (Å²) in [5.74, 6) is -1.17. The SMILES string of the molecule is CCCCCC(=O)Nc1ccccc1C(=O)O. The Hall–Kier alpha value is -1.84. The number of aromatic carboxylic acids is 1. The van der Waals surface area contributed by atoms with Crippen molar-refractivity contribution in [3.8, 4) is 0 Å². The van der Waals surface area contributed by atoms with Crippen LogP contribution in [0, 0.1) is 0 Å². The van der Waals surface area contributed by atoms with E-state index < -0.39 is 5.97 Å². The van der Waals surface area contributed by atoms with Gasteiger partial charge in [-0.15, -0.1) is 0 Å². The molecule has 0 bridgehead atoms. The average Bonchev–Trinajstić information content (AvgIpc) is 2.29. The Balaban J connectivity index is 2.61. The number of amides is 1. The van der Waals surface area contributed by atoms with Gasteiger partial charge >= 0.3 is 5.97 Å². The zero-order valence-electron chi connectivity index (χ0n) is 9.90. The van der Waals surface area contributed by atoms with Crippen LogP contribution in [0.5, 0.6) is 0 Å². The predicted octanol–water partition coefficient (Wildman–Crippen LogP) is 2.90. The Morgan fingerprint density at radius 3 is 2.59 bits per heavy atom. The molecule has 0 fully saturated rings. The van der Waals surface area contributed by atoms with Gasteiger partial charge in [-0.25, -0.2) is 4.79 Å². The molecule has 0 saturated heterocycles. The van der Waals surface area contributed by atoms with E-state index in [9.17, 15) is 9.59 Å². The molecule has 17 heavy (non-hydrogen) atoms. The number of carbonyl (C=O) groups excluding carboxylic acids is 1. The summed E-state index contributed by atoms with van der Waals surface area (Å²) in [5.41, 5.74) is 0.484.